The first-order valence-electron chi connectivity index (χ1n) is 12.5. The molecule has 1 aromatic carbocycles. The van der Waals surface area contributed by atoms with Crippen molar-refractivity contribution in [1.29, 1.82) is 0 Å². The Morgan fingerprint density at radius 1 is 1.24 bits per heavy atom. The van der Waals surface area contributed by atoms with Gasteiger partial charge in [-0.1, -0.05) is 23.7 Å². The average Bonchev–Trinajstić information content (AvgIpc) is 3.42. The zero-order valence-corrected chi connectivity index (χ0v) is 21.3. The summed E-state index contributed by atoms with van der Waals surface area (Å²) in [6.07, 6.45) is -1.26. The van der Waals surface area contributed by atoms with E-state index in [2.05, 4.69) is 25.8 Å². The molecule has 4 rings (SSSR count). The third-order valence-corrected chi connectivity index (χ3v) is 6.97. The molecule has 0 saturated carbocycles. The fourth-order valence-corrected chi connectivity index (χ4v) is 4.80. The lowest BCUT2D eigenvalue weighted by Gasteiger charge is -2.27. The minimum absolute atomic E-state index is 0.0565. The first-order chi connectivity index (χ1) is 17.8. The van der Waals surface area contributed by atoms with Crippen molar-refractivity contribution in [2.24, 2.45) is 5.73 Å². The maximum Gasteiger partial charge on any atom is 0.303 e. The van der Waals surface area contributed by atoms with Crippen molar-refractivity contribution in [3.05, 3.63) is 46.9 Å². The van der Waals surface area contributed by atoms with Gasteiger partial charge in [-0.05, 0) is 43.6 Å². The summed E-state index contributed by atoms with van der Waals surface area (Å²) in [5.41, 5.74) is 7.85. The number of imidazole rings is 1. The summed E-state index contributed by atoms with van der Waals surface area (Å²) in [6, 6.07) is 7.74. The summed E-state index contributed by atoms with van der Waals surface area (Å²) in [5, 5.41) is 40.9. The molecule has 1 fully saturated rings. The summed E-state index contributed by atoms with van der Waals surface area (Å²) in [6.45, 7) is 3.41. The van der Waals surface area contributed by atoms with Crippen LogP contribution in [0.5, 0.6) is 0 Å². The van der Waals surface area contributed by atoms with Crippen molar-refractivity contribution < 1.29 is 24.9 Å². The molecule has 2 aromatic rings. The zero-order chi connectivity index (χ0) is 26.4. The van der Waals surface area contributed by atoms with E-state index in [0.29, 0.717) is 55.8 Å². The monoisotopic (exact) mass is 537 g/mol. The summed E-state index contributed by atoms with van der Waals surface area (Å²) in [7, 11) is 0. The quantitative estimate of drug-likeness (QED) is 0.173. The number of carboxylic acids is 1. The van der Waals surface area contributed by atoms with Crippen LogP contribution in [0.15, 0.2) is 30.6 Å². The van der Waals surface area contributed by atoms with E-state index >= 15 is 0 Å². The number of aliphatic hydroxyl groups excluding tert-OH is 2. The van der Waals surface area contributed by atoms with Crippen LogP contribution in [-0.4, -0.2) is 93.4 Å². The number of anilines is 1. The number of nitrogens with one attached hydrogen (secondary N) is 3. The topological polar surface area (TPSA) is 170 Å². The second-order valence-corrected chi connectivity index (χ2v) is 9.83. The SMILES string of the molecule is NC1NCNc2c1ncn2[C@@H]1O[C@H](CN(CCCC(=O)O)CCNCCc2ccc(Cl)cc2)[C@@H](O)[C@H]1O. The second-order valence-electron chi connectivity index (χ2n) is 9.39. The van der Waals surface area contributed by atoms with Crippen molar-refractivity contribution in [3.63, 3.8) is 0 Å². The van der Waals surface area contributed by atoms with Gasteiger partial charge in [-0.3, -0.25) is 19.6 Å². The van der Waals surface area contributed by atoms with E-state index in [9.17, 15) is 15.0 Å². The van der Waals surface area contributed by atoms with E-state index in [1.165, 1.54) is 5.56 Å². The van der Waals surface area contributed by atoms with E-state index in [-0.39, 0.29) is 6.42 Å². The van der Waals surface area contributed by atoms with Gasteiger partial charge in [0.2, 0.25) is 0 Å². The molecule has 8 N–H and O–H groups in total. The van der Waals surface area contributed by atoms with Gasteiger partial charge < -0.3 is 36.4 Å². The maximum absolute atomic E-state index is 11.0. The number of benzene rings is 1. The Labute approximate surface area is 220 Å². The number of hydrogen-bond donors (Lipinski definition) is 7. The lowest BCUT2D eigenvalue weighted by Crippen LogP contribution is -2.43. The molecule has 2 aliphatic rings. The number of ether oxygens (including phenoxy) is 1. The molecular formula is C24H36ClN7O5. The molecule has 1 aromatic heterocycles. The Morgan fingerprint density at radius 2 is 2.03 bits per heavy atom. The molecule has 5 atom stereocenters. The zero-order valence-electron chi connectivity index (χ0n) is 20.6. The minimum Gasteiger partial charge on any atom is -0.481 e. The third-order valence-electron chi connectivity index (χ3n) is 6.72. The molecule has 0 amide bonds. The Kier molecular flexibility index (Phi) is 9.73. The highest BCUT2D eigenvalue weighted by atomic mass is 35.5. The summed E-state index contributed by atoms with van der Waals surface area (Å²) >= 11 is 5.94. The van der Waals surface area contributed by atoms with Crippen LogP contribution in [0.4, 0.5) is 5.82 Å². The van der Waals surface area contributed by atoms with E-state index < -0.39 is 36.7 Å². The lowest BCUT2D eigenvalue weighted by molar-refractivity contribution is -0.137. The van der Waals surface area contributed by atoms with Crippen molar-refractivity contribution in [2.45, 2.75) is 50.0 Å². The predicted octanol–water partition coefficient (Wildman–Crippen LogP) is 0.0847. The number of halogens is 1. The molecule has 0 spiro atoms. The van der Waals surface area contributed by atoms with Gasteiger partial charge in [0.25, 0.3) is 0 Å². The summed E-state index contributed by atoms with van der Waals surface area (Å²) in [5.74, 6) is -0.204. The number of hydrogen-bond acceptors (Lipinski definition) is 10. The lowest BCUT2D eigenvalue weighted by atomic mass is 10.1. The molecular weight excluding hydrogens is 502 g/mol. The third kappa shape index (κ3) is 7.18. The predicted molar refractivity (Wildman–Crippen MR) is 138 cm³/mol. The summed E-state index contributed by atoms with van der Waals surface area (Å²) < 4.78 is 7.78. The largest absolute Gasteiger partial charge is 0.481 e. The van der Waals surface area contributed by atoms with E-state index in [0.717, 1.165) is 13.0 Å². The van der Waals surface area contributed by atoms with Crippen LogP contribution < -0.4 is 21.7 Å². The number of aliphatic hydroxyl groups is 2. The van der Waals surface area contributed by atoms with Crippen molar-refractivity contribution >= 4 is 23.4 Å². The Balaban J connectivity index is 1.32. The van der Waals surface area contributed by atoms with Crippen LogP contribution in [0.2, 0.25) is 5.02 Å². The normalized spacial score (nSPS) is 25.3. The standard InChI is InChI=1S/C24H36ClN7O5/c25-16-5-3-15(4-6-16)7-8-27-9-11-31(10-1-2-18(33)34)12-17-20(35)21(36)24(37-17)32-14-30-19-22(26)28-13-29-23(19)32/h3-6,14,17,20-22,24,27-29,35-36H,1-2,7-13,26H2,(H,33,34)/t17-,20-,21-,22?,24-/m1/s1. The first-order valence-corrected chi connectivity index (χ1v) is 12.9. The van der Waals surface area contributed by atoms with Crippen LogP contribution in [0, 0.1) is 0 Å². The highest BCUT2D eigenvalue weighted by Gasteiger charge is 2.45. The van der Waals surface area contributed by atoms with Gasteiger partial charge in [0.05, 0.1) is 13.0 Å². The van der Waals surface area contributed by atoms with Gasteiger partial charge in [-0.2, -0.15) is 0 Å². The molecule has 37 heavy (non-hydrogen) atoms. The molecule has 1 unspecified atom stereocenters. The molecule has 0 radical (unpaired) electrons. The Morgan fingerprint density at radius 3 is 2.78 bits per heavy atom. The van der Waals surface area contributed by atoms with E-state index in [1.54, 1.807) is 10.9 Å². The number of rotatable bonds is 13. The van der Waals surface area contributed by atoms with Crippen molar-refractivity contribution in [1.82, 2.24) is 25.1 Å². The highest BCUT2D eigenvalue weighted by molar-refractivity contribution is 6.30. The number of nitrogens with two attached hydrogens (primary N) is 1. The van der Waals surface area contributed by atoms with Gasteiger partial charge in [0.15, 0.2) is 6.23 Å². The van der Waals surface area contributed by atoms with Gasteiger partial charge in [0.1, 0.15) is 36.0 Å². The van der Waals surface area contributed by atoms with Gasteiger partial charge in [0, 0.05) is 31.1 Å². The Bertz CT molecular complexity index is 1020. The molecule has 3 heterocycles. The van der Waals surface area contributed by atoms with Crippen LogP contribution in [0.25, 0.3) is 0 Å². The fraction of sp³-hybridized carbons (Fsp3) is 0.583. The van der Waals surface area contributed by atoms with Gasteiger partial charge in [-0.25, -0.2) is 4.98 Å². The molecule has 0 aliphatic carbocycles. The summed E-state index contributed by atoms with van der Waals surface area (Å²) in [4.78, 5) is 17.4. The number of nitrogens with zero attached hydrogens (tertiary/aromatic N) is 3. The fourth-order valence-electron chi connectivity index (χ4n) is 4.68. The number of fused-ring (bicyclic) bond motifs is 1. The first kappa shape index (κ1) is 27.7. The molecule has 2 aliphatic heterocycles. The second kappa shape index (κ2) is 13.0. The number of carboxylic acid groups (broad SMARTS) is 1. The minimum atomic E-state index is -1.16. The molecule has 1 saturated heterocycles. The molecule has 204 valence electrons. The number of carbonyl (C=O) groups is 1. The van der Waals surface area contributed by atoms with Gasteiger partial charge >= 0.3 is 5.97 Å². The highest BCUT2D eigenvalue weighted by Crippen LogP contribution is 2.34. The smallest absolute Gasteiger partial charge is 0.303 e. The molecule has 0 bridgehead atoms. The number of aliphatic carboxylic acids is 1. The maximum atomic E-state index is 11.0. The average molecular weight is 538 g/mol. The molecule has 13 heteroatoms. The van der Waals surface area contributed by atoms with Crippen molar-refractivity contribution in [3.8, 4) is 0 Å². The van der Waals surface area contributed by atoms with E-state index in [1.807, 2.05) is 24.3 Å². The van der Waals surface area contributed by atoms with Crippen LogP contribution in [0.1, 0.15) is 36.5 Å². The van der Waals surface area contributed by atoms with Crippen LogP contribution in [-0.2, 0) is 16.0 Å². The van der Waals surface area contributed by atoms with Crippen molar-refractivity contribution in [2.75, 3.05) is 44.7 Å². The van der Waals surface area contributed by atoms with Crippen LogP contribution in [0.3, 0.4) is 0 Å². The van der Waals surface area contributed by atoms with E-state index in [4.69, 9.17) is 27.2 Å². The molecule has 12 nitrogen and oxygen atoms in total. The van der Waals surface area contributed by atoms with Crippen LogP contribution >= 0.6 is 11.6 Å². The Hall–Kier alpha value is -2.29. The number of aromatic nitrogens is 2. The van der Waals surface area contributed by atoms with Gasteiger partial charge in [-0.15, -0.1) is 0 Å².